The Balaban J connectivity index is 2.03. The van der Waals surface area contributed by atoms with Crippen molar-refractivity contribution in [2.75, 3.05) is 7.11 Å². The van der Waals surface area contributed by atoms with E-state index in [1.807, 2.05) is 0 Å². The number of hydrogen-bond donors (Lipinski definition) is 2. The maximum atomic E-state index is 11.8. The van der Waals surface area contributed by atoms with E-state index in [4.69, 9.17) is 4.74 Å². The van der Waals surface area contributed by atoms with E-state index in [0.29, 0.717) is 12.2 Å². The van der Waals surface area contributed by atoms with Gasteiger partial charge in [-0.3, -0.25) is 4.79 Å². The van der Waals surface area contributed by atoms with Crippen molar-refractivity contribution >= 4 is 12.1 Å². The minimum Gasteiger partial charge on any atom is -0.504 e. The van der Waals surface area contributed by atoms with Crippen LogP contribution in [0.4, 0.5) is 0 Å². The Kier molecular flexibility index (Phi) is 12.8. The summed E-state index contributed by atoms with van der Waals surface area (Å²) in [5, 5.41) is 13.5. The zero-order valence-corrected chi connectivity index (χ0v) is 17.0. The fraction of sp³-hybridized carbons (Fsp3) is 0.636. The number of hydrogen-bond acceptors (Lipinski definition) is 4. The van der Waals surface area contributed by atoms with Gasteiger partial charge < -0.3 is 9.84 Å². The maximum absolute atomic E-state index is 11.8. The molecule has 0 aliphatic carbocycles. The Morgan fingerprint density at radius 1 is 1.04 bits per heavy atom. The summed E-state index contributed by atoms with van der Waals surface area (Å²) >= 11 is 0. The molecule has 1 aromatic carbocycles. The van der Waals surface area contributed by atoms with Crippen molar-refractivity contribution < 1.29 is 14.6 Å². The number of benzene rings is 1. The maximum Gasteiger partial charge on any atom is 0.240 e. The van der Waals surface area contributed by atoms with Crippen LogP contribution in [0.15, 0.2) is 23.3 Å². The molecule has 0 fully saturated rings. The predicted molar refractivity (Wildman–Crippen MR) is 111 cm³/mol. The number of phenolic OH excluding ortho intramolecular Hbond substituents is 1. The van der Waals surface area contributed by atoms with Crippen LogP contribution in [0.2, 0.25) is 0 Å². The van der Waals surface area contributed by atoms with Gasteiger partial charge >= 0.3 is 0 Å². The van der Waals surface area contributed by atoms with E-state index in [2.05, 4.69) is 17.5 Å². The van der Waals surface area contributed by atoms with E-state index >= 15 is 0 Å². The summed E-state index contributed by atoms with van der Waals surface area (Å²) < 4.78 is 5.04. The van der Waals surface area contributed by atoms with Crippen LogP contribution in [0, 0.1) is 0 Å². The normalized spacial score (nSPS) is 11.0. The van der Waals surface area contributed by atoms with Crippen molar-refractivity contribution in [3.63, 3.8) is 0 Å². The number of methoxy groups -OCH3 is 1. The number of hydrazone groups is 1. The molecule has 0 aliphatic heterocycles. The number of amides is 1. The third-order valence-electron chi connectivity index (χ3n) is 4.61. The van der Waals surface area contributed by atoms with Gasteiger partial charge in [0.25, 0.3) is 0 Å². The first-order valence-electron chi connectivity index (χ1n) is 10.4. The standard InChI is InChI=1S/C22H36N2O3/c1-3-4-5-6-7-8-9-10-11-12-13-14-22(26)24-23-18-19-15-16-20(25)21(17-19)27-2/h15-18,25H,3-14H2,1-2H3,(H,24,26). The van der Waals surface area contributed by atoms with Gasteiger partial charge in [-0.05, 0) is 30.2 Å². The first-order chi connectivity index (χ1) is 13.2. The van der Waals surface area contributed by atoms with Crippen molar-refractivity contribution in [1.29, 1.82) is 0 Å². The summed E-state index contributed by atoms with van der Waals surface area (Å²) in [6, 6.07) is 4.90. The highest BCUT2D eigenvalue weighted by Gasteiger charge is 2.02. The van der Waals surface area contributed by atoms with Gasteiger partial charge in [-0.1, -0.05) is 71.1 Å². The highest BCUT2D eigenvalue weighted by molar-refractivity contribution is 5.83. The number of rotatable bonds is 15. The molecule has 0 aliphatic rings. The zero-order chi connectivity index (χ0) is 19.7. The quantitative estimate of drug-likeness (QED) is 0.239. The molecule has 0 spiro atoms. The average molecular weight is 377 g/mol. The van der Waals surface area contributed by atoms with Gasteiger partial charge in [0.2, 0.25) is 5.91 Å². The lowest BCUT2D eigenvalue weighted by atomic mass is 10.1. The number of aromatic hydroxyl groups is 1. The molecule has 0 unspecified atom stereocenters. The van der Waals surface area contributed by atoms with Crippen molar-refractivity contribution in [1.82, 2.24) is 5.43 Å². The lowest BCUT2D eigenvalue weighted by Gasteiger charge is -2.04. The monoisotopic (exact) mass is 376 g/mol. The van der Waals surface area contributed by atoms with E-state index < -0.39 is 0 Å². The molecule has 5 nitrogen and oxygen atoms in total. The molecule has 152 valence electrons. The van der Waals surface area contributed by atoms with Crippen LogP contribution < -0.4 is 10.2 Å². The van der Waals surface area contributed by atoms with Crippen LogP contribution in [-0.2, 0) is 4.79 Å². The summed E-state index contributed by atoms with van der Waals surface area (Å²) in [7, 11) is 1.49. The molecule has 5 heteroatoms. The Morgan fingerprint density at radius 3 is 2.22 bits per heavy atom. The summed E-state index contributed by atoms with van der Waals surface area (Å²) in [5.41, 5.74) is 3.30. The third kappa shape index (κ3) is 11.3. The summed E-state index contributed by atoms with van der Waals surface area (Å²) in [5.74, 6) is 0.398. The Labute approximate surface area is 164 Å². The fourth-order valence-corrected chi connectivity index (χ4v) is 2.96. The van der Waals surface area contributed by atoms with Crippen molar-refractivity contribution in [2.24, 2.45) is 5.10 Å². The molecule has 0 heterocycles. The number of carbonyl (C=O) groups is 1. The molecule has 1 amide bonds. The Bertz CT molecular complexity index is 558. The summed E-state index contributed by atoms with van der Waals surface area (Å²) in [4.78, 5) is 11.8. The number of nitrogens with one attached hydrogen (secondary N) is 1. The van der Waals surface area contributed by atoms with Gasteiger partial charge in [-0.15, -0.1) is 0 Å². The lowest BCUT2D eigenvalue weighted by Crippen LogP contribution is -2.16. The Hall–Kier alpha value is -2.04. The van der Waals surface area contributed by atoms with Crippen LogP contribution in [-0.4, -0.2) is 24.3 Å². The van der Waals surface area contributed by atoms with E-state index in [0.717, 1.165) is 18.4 Å². The van der Waals surface area contributed by atoms with E-state index in [-0.39, 0.29) is 11.7 Å². The zero-order valence-electron chi connectivity index (χ0n) is 17.0. The number of carbonyl (C=O) groups excluding carboxylic acids is 1. The second kappa shape index (κ2) is 15.1. The highest BCUT2D eigenvalue weighted by atomic mass is 16.5. The molecular formula is C22H36N2O3. The molecule has 0 saturated heterocycles. The second-order valence-corrected chi connectivity index (χ2v) is 7.01. The molecular weight excluding hydrogens is 340 g/mol. The SMILES string of the molecule is CCCCCCCCCCCCCC(=O)NN=Cc1ccc(O)c(OC)c1. The minimum atomic E-state index is -0.0621. The average Bonchev–Trinajstić information content (AvgIpc) is 2.67. The van der Waals surface area contributed by atoms with Gasteiger partial charge in [0, 0.05) is 6.42 Å². The number of ether oxygens (including phenoxy) is 1. The molecule has 0 saturated carbocycles. The van der Waals surface area contributed by atoms with Gasteiger partial charge in [0.15, 0.2) is 11.5 Å². The number of unbranched alkanes of at least 4 members (excludes halogenated alkanes) is 10. The molecule has 1 rings (SSSR count). The highest BCUT2D eigenvalue weighted by Crippen LogP contribution is 2.25. The van der Waals surface area contributed by atoms with Gasteiger partial charge in [0.05, 0.1) is 13.3 Å². The van der Waals surface area contributed by atoms with Crippen LogP contribution in [0.25, 0.3) is 0 Å². The van der Waals surface area contributed by atoms with Gasteiger partial charge in [-0.25, -0.2) is 5.43 Å². The summed E-state index contributed by atoms with van der Waals surface area (Å²) in [6.45, 7) is 2.25. The topological polar surface area (TPSA) is 70.9 Å². The van der Waals surface area contributed by atoms with Crippen LogP contribution in [0.5, 0.6) is 11.5 Å². The summed E-state index contributed by atoms with van der Waals surface area (Å²) in [6.07, 6.45) is 16.0. The molecule has 0 radical (unpaired) electrons. The smallest absolute Gasteiger partial charge is 0.240 e. The van der Waals surface area contributed by atoms with Gasteiger partial charge in [-0.2, -0.15) is 5.10 Å². The number of phenols is 1. The molecule has 1 aromatic rings. The van der Waals surface area contributed by atoms with Gasteiger partial charge in [0.1, 0.15) is 0 Å². The molecule has 27 heavy (non-hydrogen) atoms. The molecule has 0 aromatic heterocycles. The fourth-order valence-electron chi connectivity index (χ4n) is 2.96. The molecule has 2 N–H and O–H groups in total. The Morgan fingerprint density at radius 2 is 1.63 bits per heavy atom. The van der Waals surface area contributed by atoms with E-state index in [1.165, 1.54) is 71.0 Å². The first-order valence-corrected chi connectivity index (χ1v) is 10.4. The van der Waals surface area contributed by atoms with E-state index in [1.54, 1.807) is 18.3 Å². The first kappa shape index (κ1) is 23.0. The van der Waals surface area contributed by atoms with Crippen LogP contribution in [0.3, 0.4) is 0 Å². The number of nitrogens with zero attached hydrogens (tertiary/aromatic N) is 1. The molecule has 0 atom stereocenters. The van der Waals surface area contributed by atoms with Crippen LogP contribution in [0.1, 0.15) is 89.5 Å². The van der Waals surface area contributed by atoms with Crippen molar-refractivity contribution in [2.45, 2.75) is 84.0 Å². The van der Waals surface area contributed by atoms with E-state index in [9.17, 15) is 9.90 Å². The third-order valence-corrected chi connectivity index (χ3v) is 4.61. The molecule has 0 bridgehead atoms. The lowest BCUT2D eigenvalue weighted by molar-refractivity contribution is -0.121. The van der Waals surface area contributed by atoms with Crippen LogP contribution >= 0.6 is 0 Å². The van der Waals surface area contributed by atoms with Crippen molar-refractivity contribution in [3.8, 4) is 11.5 Å². The largest absolute Gasteiger partial charge is 0.504 e. The van der Waals surface area contributed by atoms with Crippen molar-refractivity contribution in [3.05, 3.63) is 23.8 Å². The minimum absolute atomic E-state index is 0.0621. The predicted octanol–water partition coefficient (Wildman–Crippen LogP) is 5.55. The second-order valence-electron chi connectivity index (χ2n) is 7.01.